The lowest BCUT2D eigenvalue weighted by atomic mass is 10.1. The van der Waals surface area contributed by atoms with Gasteiger partial charge in [-0.25, -0.2) is 0 Å². The Kier molecular flexibility index (Phi) is 5.79. The van der Waals surface area contributed by atoms with Crippen molar-refractivity contribution in [2.75, 3.05) is 24.9 Å². The molecule has 0 aliphatic rings. The zero-order chi connectivity index (χ0) is 20.1. The second-order valence-electron chi connectivity index (χ2n) is 6.37. The van der Waals surface area contributed by atoms with Gasteiger partial charge >= 0.3 is 0 Å². The third-order valence-electron chi connectivity index (χ3n) is 4.44. The van der Waals surface area contributed by atoms with Crippen LogP contribution in [0.4, 0.5) is 17.1 Å². The summed E-state index contributed by atoms with van der Waals surface area (Å²) in [5.74, 6) is 1.09. The zero-order valence-corrected chi connectivity index (χ0v) is 16.4. The van der Waals surface area contributed by atoms with Crippen LogP contribution in [0.25, 0.3) is 0 Å². The number of amides is 1. The lowest BCUT2D eigenvalue weighted by Crippen LogP contribution is -2.14. The summed E-state index contributed by atoms with van der Waals surface area (Å²) in [4.78, 5) is 16.8. The minimum Gasteiger partial charge on any atom is -0.497 e. The topological polar surface area (TPSA) is 72.5 Å². The van der Waals surface area contributed by atoms with E-state index in [-0.39, 0.29) is 5.91 Å². The van der Waals surface area contributed by atoms with Gasteiger partial charge < -0.3 is 20.1 Å². The summed E-state index contributed by atoms with van der Waals surface area (Å²) in [6.45, 7) is 4.04. The predicted molar refractivity (Wildman–Crippen MR) is 111 cm³/mol. The molecule has 144 valence electrons. The highest BCUT2D eigenvalue weighted by Gasteiger charge is 2.11. The van der Waals surface area contributed by atoms with E-state index in [2.05, 4.69) is 15.6 Å². The van der Waals surface area contributed by atoms with Crippen LogP contribution in [-0.2, 0) is 0 Å². The SMILES string of the molecule is COc1ccc(OC)c(Nc2ccnc(C(=O)Nc3ccc(C)c(C)c3)c2)c1. The molecule has 2 N–H and O–H groups in total. The van der Waals surface area contributed by atoms with Crippen molar-refractivity contribution in [3.63, 3.8) is 0 Å². The molecule has 0 saturated carbocycles. The highest BCUT2D eigenvalue weighted by atomic mass is 16.5. The smallest absolute Gasteiger partial charge is 0.274 e. The highest BCUT2D eigenvalue weighted by Crippen LogP contribution is 2.31. The third kappa shape index (κ3) is 4.40. The number of methoxy groups -OCH3 is 2. The quantitative estimate of drug-likeness (QED) is 0.651. The molecule has 1 heterocycles. The number of carbonyl (C=O) groups is 1. The fourth-order valence-corrected chi connectivity index (χ4v) is 2.71. The van der Waals surface area contributed by atoms with Crippen LogP contribution in [0, 0.1) is 13.8 Å². The van der Waals surface area contributed by atoms with Gasteiger partial charge in [0.25, 0.3) is 5.91 Å². The average Bonchev–Trinajstić information content (AvgIpc) is 2.71. The van der Waals surface area contributed by atoms with E-state index in [1.165, 1.54) is 5.56 Å². The lowest BCUT2D eigenvalue weighted by molar-refractivity contribution is 0.102. The van der Waals surface area contributed by atoms with Crippen molar-refractivity contribution in [1.82, 2.24) is 4.98 Å². The molecule has 6 nitrogen and oxygen atoms in total. The molecular weight excluding hydrogens is 354 g/mol. The largest absolute Gasteiger partial charge is 0.497 e. The van der Waals surface area contributed by atoms with E-state index >= 15 is 0 Å². The molecule has 0 unspecified atom stereocenters. The summed E-state index contributed by atoms with van der Waals surface area (Å²) in [5, 5.41) is 6.13. The van der Waals surface area contributed by atoms with Crippen LogP contribution in [-0.4, -0.2) is 25.1 Å². The molecule has 0 aliphatic heterocycles. The van der Waals surface area contributed by atoms with E-state index < -0.39 is 0 Å². The van der Waals surface area contributed by atoms with Crippen molar-refractivity contribution < 1.29 is 14.3 Å². The summed E-state index contributed by atoms with van der Waals surface area (Å²) >= 11 is 0. The van der Waals surface area contributed by atoms with Gasteiger partial charge in [-0.1, -0.05) is 6.07 Å². The molecular formula is C22H23N3O3. The van der Waals surface area contributed by atoms with Crippen LogP contribution in [0.1, 0.15) is 21.6 Å². The summed E-state index contributed by atoms with van der Waals surface area (Å²) in [5.41, 5.74) is 4.79. The summed E-state index contributed by atoms with van der Waals surface area (Å²) in [6.07, 6.45) is 1.59. The maximum absolute atomic E-state index is 12.6. The Morgan fingerprint density at radius 3 is 2.43 bits per heavy atom. The van der Waals surface area contributed by atoms with Crippen LogP contribution >= 0.6 is 0 Å². The Bertz CT molecular complexity index is 1000. The molecule has 0 radical (unpaired) electrons. The molecule has 0 fully saturated rings. The number of pyridine rings is 1. The number of carbonyl (C=O) groups excluding carboxylic acids is 1. The first-order valence-corrected chi connectivity index (χ1v) is 8.84. The number of nitrogens with zero attached hydrogens (tertiary/aromatic N) is 1. The summed E-state index contributed by atoms with van der Waals surface area (Å²) < 4.78 is 10.6. The first-order chi connectivity index (χ1) is 13.5. The molecule has 1 amide bonds. The van der Waals surface area contributed by atoms with E-state index in [9.17, 15) is 4.79 Å². The maximum Gasteiger partial charge on any atom is 0.274 e. The summed E-state index contributed by atoms with van der Waals surface area (Å²) in [7, 11) is 3.20. The number of ether oxygens (including phenoxy) is 2. The minimum absolute atomic E-state index is 0.274. The molecule has 2 aromatic carbocycles. The highest BCUT2D eigenvalue weighted by molar-refractivity contribution is 6.03. The lowest BCUT2D eigenvalue weighted by Gasteiger charge is -2.13. The van der Waals surface area contributed by atoms with Gasteiger partial charge in [-0.05, 0) is 61.4 Å². The molecule has 1 aromatic heterocycles. The first-order valence-electron chi connectivity index (χ1n) is 8.84. The van der Waals surface area contributed by atoms with E-state index in [4.69, 9.17) is 9.47 Å². The minimum atomic E-state index is -0.274. The Hall–Kier alpha value is -3.54. The van der Waals surface area contributed by atoms with Crippen LogP contribution in [0.2, 0.25) is 0 Å². The second-order valence-corrected chi connectivity index (χ2v) is 6.37. The molecule has 0 saturated heterocycles. The van der Waals surface area contributed by atoms with Gasteiger partial charge in [0.05, 0.1) is 19.9 Å². The molecule has 3 rings (SSSR count). The van der Waals surface area contributed by atoms with Crippen molar-refractivity contribution in [3.8, 4) is 11.5 Å². The Morgan fingerprint density at radius 1 is 0.893 bits per heavy atom. The van der Waals surface area contributed by atoms with E-state index in [0.717, 1.165) is 16.9 Å². The van der Waals surface area contributed by atoms with Crippen LogP contribution in [0.15, 0.2) is 54.7 Å². The van der Waals surface area contributed by atoms with Gasteiger partial charge in [0.2, 0.25) is 0 Å². The van der Waals surface area contributed by atoms with Gasteiger partial charge in [0, 0.05) is 23.6 Å². The third-order valence-corrected chi connectivity index (χ3v) is 4.44. The predicted octanol–water partition coefficient (Wildman–Crippen LogP) is 4.71. The van der Waals surface area contributed by atoms with Crippen molar-refractivity contribution in [2.45, 2.75) is 13.8 Å². The Labute approximate surface area is 164 Å². The molecule has 6 heteroatoms. The van der Waals surface area contributed by atoms with Crippen molar-refractivity contribution in [1.29, 1.82) is 0 Å². The molecule has 0 spiro atoms. The Balaban J connectivity index is 1.80. The van der Waals surface area contributed by atoms with Crippen molar-refractivity contribution in [2.24, 2.45) is 0 Å². The molecule has 3 aromatic rings. The van der Waals surface area contributed by atoms with Crippen molar-refractivity contribution in [3.05, 3.63) is 71.5 Å². The van der Waals surface area contributed by atoms with Gasteiger partial charge in [0.1, 0.15) is 17.2 Å². The summed E-state index contributed by atoms with van der Waals surface area (Å²) in [6, 6.07) is 14.7. The number of hydrogen-bond acceptors (Lipinski definition) is 5. The van der Waals surface area contributed by atoms with Gasteiger partial charge in [0.15, 0.2) is 0 Å². The van der Waals surface area contributed by atoms with Gasteiger partial charge in [-0.3, -0.25) is 9.78 Å². The molecule has 0 aliphatic carbocycles. The van der Waals surface area contributed by atoms with E-state index in [0.29, 0.717) is 22.9 Å². The number of nitrogens with one attached hydrogen (secondary N) is 2. The zero-order valence-electron chi connectivity index (χ0n) is 16.4. The average molecular weight is 377 g/mol. The van der Waals surface area contributed by atoms with Crippen LogP contribution in [0.3, 0.4) is 0 Å². The van der Waals surface area contributed by atoms with E-state index in [1.54, 1.807) is 32.5 Å². The van der Waals surface area contributed by atoms with Gasteiger partial charge in [-0.2, -0.15) is 0 Å². The number of anilines is 3. The number of rotatable bonds is 6. The van der Waals surface area contributed by atoms with Crippen molar-refractivity contribution >= 4 is 23.0 Å². The van der Waals surface area contributed by atoms with Crippen LogP contribution in [0.5, 0.6) is 11.5 Å². The number of benzene rings is 2. The molecule has 0 atom stereocenters. The molecule has 28 heavy (non-hydrogen) atoms. The number of aryl methyl sites for hydroxylation is 2. The maximum atomic E-state index is 12.6. The first kappa shape index (κ1) is 19.2. The molecule has 0 bridgehead atoms. The number of hydrogen-bond donors (Lipinski definition) is 2. The van der Waals surface area contributed by atoms with E-state index in [1.807, 2.05) is 50.2 Å². The fraction of sp³-hybridized carbons (Fsp3) is 0.182. The number of aromatic nitrogens is 1. The standard InChI is InChI=1S/C22H23N3O3/c1-14-5-6-16(11-15(14)2)25-22(26)20-12-17(9-10-23-20)24-19-13-18(27-3)7-8-21(19)28-4/h5-13H,1-4H3,(H,23,24)(H,25,26). The van der Waals surface area contributed by atoms with Gasteiger partial charge in [-0.15, -0.1) is 0 Å². The Morgan fingerprint density at radius 2 is 1.71 bits per heavy atom. The second kappa shape index (κ2) is 8.43. The normalized spacial score (nSPS) is 10.3. The monoisotopic (exact) mass is 377 g/mol. The van der Waals surface area contributed by atoms with Crippen LogP contribution < -0.4 is 20.1 Å². The fourth-order valence-electron chi connectivity index (χ4n) is 2.71.